The number of para-hydroxylation sites is 2. The smallest absolute Gasteiger partial charge is 0.252 e. The summed E-state index contributed by atoms with van der Waals surface area (Å²) in [6, 6.07) is 46.4. The summed E-state index contributed by atoms with van der Waals surface area (Å²) >= 11 is 0. The van der Waals surface area contributed by atoms with Gasteiger partial charge in [-0.3, -0.25) is 0 Å². The van der Waals surface area contributed by atoms with Crippen LogP contribution in [0.2, 0.25) is 0 Å². The summed E-state index contributed by atoms with van der Waals surface area (Å²) in [5.41, 5.74) is 25.3. The molecule has 0 unspecified atom stereocenters. The van der Waals surface area contributed by atoms with Gasteiger partial charge in [-0.1, -0.05) is 127 Å². The van der Waals surface area contributed by atoms with Crippen LogP contribution in [0.5, 0.6) is 0 Å². The second-order valence-corrected chi connectivity index (χ2v) is 21.0. The van der Waals surface area contributed by atoms with Gasteiger partial charge in [-0.2, -0.15) is 0 Å². The predicted molar refractivity (Wildman–Crippen MR) is 266 cm³/mol. The molecule has 2 aliphatic heterocycles. The maximum Gasteiger partial charge on any atom is 0.252 e. The van der Waals surface area contributed by atoms with Crippen molar-refractivity contribution in [1.82, 2.24) is 0 Å². The molecule has 7 aromatic carbocycles. The number of hydrogen-bond donors (Lipinski definition) is 0. The molecule has 0 bridgehead atoms. The molecule has 0 atom stereocenters. The largest absolute Gasteiger partial charge is 0.456 e. The van der Waals surface area contributed by atoms with Crippen LogP contribution in [0.4, 0.5) is 34.1 Å². The Morgan fingerprint density at radius 2 is 1.16 bits per heavy atom. The van der Waals surface area contributed by atoms with Gasteiger partial charge in [0.15, 0.2) is 0 Å². The molecule has 11 rings (SSSR count). The van der Waals surface area contributed by atoms with Crippen molar-refractivity contribution >= 4 is 79.2 Å². The van der Waals surface area contributed by atoms with Gasteiger partial charge in [0.25, 0.3) is 6.71 Å². The van der Waals surface area contributed by atoms with Gasteiger partial charge in [0.2, 0.25) is 0 Å². The summed E-state index contributed by atoms with van der Waals surface area (Å²) in [6.45, 7) is 25.9. The highest BCUT2D eigenvalue weighted by atomic mass is 16.3. The Bertz CT molecular complexity index is 3170. The van der Waals surface area contributed by atoms with Crippen LogP contribution in [0.1, 0.15) is 100 Å². The fourth-order valence-corrected chi connectivity index (χ4v) is 11.5. The fraction of sp³-hybridized carbons (Fsp3) is 0.276. The fourth-order valence-electron chi connectivity index (χ4n) is 11.5. The zero-order chi connectivity index (χ0) is 43.2. The average Bonchev–Trinajstić information content (AvgIpc) is 3.61. The first-order chi connectivity index (χ1) is 29.5. The van der Waals surface area contributed by atoms with Crippen molar-refractivity contribution < 1.29 is 4.42 Å². The molecule has 62 heavy (non-hydrogen) atoms. The second kappa shape index (κ2) is 13.3. The van der Waals surface area contributed by atoms with E-state index in [1.54, 1.807) is 0 Å². The first-order valence-electron chi connectivity index (χ1n) is 22.7. The van der Waals surface area contributed by atoms with Crippen LogP contribution in [0.15, 0.2) is 126 Å². The maximum absolute atomic E-state index is 6.73. The number of anilines is 6. The van der Waals surface area contributed by atoms with E-state index in [0.717, 1.165) is 29.4 Å². The Hall–Kier alpha value is -6.00. The lowest BCUT2D eigenvalue weighted by atomic mass is 9.33. The van der Waals surface area contributed by atoms with E-state index in [9.17, 15) is 0 Å². The van der Waals surface area contributed by atoms with E-state index >= 15 is 0 Å². The van der Waals surface area contributed by atoms with E-state index in [0.29, 0.717) is 0 Å². The van der Waals surface area contributed by atoms with E-state index in [1.165, 1.54) is 106 Å². The van der Waals surface area contributed by atoms with Crippen LogP contribution in [-0.2, 0) is 16.2 Å². The highest BCUT2D eigenvalue weighted by molar-refractivity contribution is 7.00. The highest BCUT2D eigenvalue weighted by Crippen LogP contribution is 2.53. The molecule has 0 radical (unpaired) electrons. The van der Waals surface area contributed by atoms with E-state index in [1.807, 2.05) is 0 Å². The van der Waals surface area contributed by atoms with Crippen LogP contribution in [0, 0.1) is 27.7 Å². The van der Waals surface area contributed by atoms with Crippen LogP contribution < -0.4 is 26.2 Å². The molecule has 0 N–H and O–H groups in total. The zero-order valence-electron chi connectivity index (χ0n) is 38.3. The number of benzene rings is 7. The van der Waals surface area contributed by atoms with Crippen LogP contribution in [0.25, 0.3) is 33.1 Å². The Morgan fingerprint density at radius 1 is 0.532 bits per heavy atom. The lowest BCUT2D eigenvalue weighted by molar-refractivity contribution is 0.332. The van der Waals surface area contributed by atoms with Crippen molar-refractivity contribution in [2.45, 2.75) is 105 Å². The summed E-state index contributed by atoms with van der Waals surface area (Å²) in [5.74, 6) is 0. The standard InChI is InChI=1S/C58H57BN2O/c1-34-17-12-14-21-45(34)61-49-31-38(52-35(2)18-16-19-36(52)3)30-48-54(49)59(43-24-26-51-53(55(43)61)40-20-13-15-22-50(40)62-51)44-32-41-42(58(10,11)28-27-57(41,8)9)33-47(44)60(48)46-25-23-39(29-37(46)4)56(5,6)7/h12-26,29-33H,27-28H2,1-11H3. The molecule has 308 valence electrons. The molecule has 1 aromatic heterocycles. The maximum atomic E-state index is 6.73. The number of rotatable bonds is 3. The molecule has 0 saturated carbocycles. The monoisotopic (exact) mass is 808 g/mol. The normalized spacial score (nSPS) is 16.0. The molecule has 0 fully saturated rings. The molecule has 4 heteroatoms. The zero-order valence-corrected chi connectivity index (χ0v) is 38.3. The van der Waals surface area contributed by atoms with Gasteiger partial charge in [0, 0.05) is 33.8 Å². The quantitative estimate of drug-likeness (QED) is 0.166. The Balaban J connectivity index is 1.35. The summed E-state index contributed by atoms with van der Waals surface area (Å²) in [5, 5.41) is 2.32. The van der Waals surface area contributed by atoms with E-state index in [-0.39, 0.29) is 23.0 Å². The average molecular weight is 809 g/mol. The predicted octanol–water partition coefficient (Wildman–Crippen LogP) is 14.2. The molecule has 0 saturated heterocycles. The summed E-state index contributed by atoms with van der Waals surface area (Å²) < 4.78 is 6.73. The number of hydrogen-bond acceptors (Lipinski definition) is 3. The Kier molecular flexibility index (Phi) is 8.32. The van der Waals surface area contributed by atoms with Crippen molar-refractivity contribution in [3.05, 3.63) is 160 Å². The Morgan fingerprint density at radius 3 is 1.85 bits per heavy atom. The molecule has 3 heterocycles. The number of furan rings is 1. The third-order valence-corrected chi connectivity index (χ3v) is 15.0. The van der Waals surface area contributed by atoms with Gasteiger partial charge in [-0.05, 0) is 166 Å². The van der Waals surface area contributed by atoms with Crippen LogP contribution in [-0.4, -0.2) is 6.71 Å². The van der Waals surface area contributed by atoms with Crippen molar-refractivity contribution in [3.63, 3.8) is 0 Å². The summed E-state index contributed by atoms with van der Waals surface area (Å²) in [7, 11) is 0. The molecule has 0 amide bonds. The molecule has 1 aliphatic carbocycles. The van der Waals surface area contributed by atoms with E-state index < -0.39 is 0 Å². The second-order valence-electron chi connectivity index (χ2n) is 21.0. The third-order valence-electron chi connectivity index (χ3n) is 15.0. The van der Waals surface area contributed by atoms with E-state index in [2.05, 4.69) is 207 Å². The molecular formula is C58H57BN2O. The van der Waals surface area contributed by atoms with Crippen molar-refractivity contribution in [2.24, 2.45) is 0 Å². The lowest BCUT2D eigenvalue weighted by Crippen LogP contribution is -2.62. The minimum atomic E-state index is -0.0214. The van der Waals surface area contributed by atoms with Crippen LogP contribution >= 0.6 is 0 Å². The molecule has 8 aromatic rings. The first-order valence-corrected chi connectivity index (χ1v) is 22.7. The van der Waals surface area contributed by atoms with E-state index in [4.69, 9.17) is 4.42 Å². The molecule has 3 nitrogen and oxygen atoms in total. The molecule has 0 spiro atoms. The number of aryl methyl sites for hydroxylation is 4. The van der Waals surface area contributed by atoms with Crippen molar-refractivity contribution in [3.8, 4) is 11.1 Å². The van der Waals surface area contributed by atoms with Gasteiger partial charge < -0.3 is 14.2 Å². The minimum absolute atomic E-state index is 0.0214. The number of nitrogens with zero attached hydrogens (tertiary/aromatic N) is 2. The van der Waals surface area contributed by atoms with Gasteiger partial charge >= 0.3 is 0 Å². The summed E-state index contributed by atoms with van der Waals surface area (Å²) in [6.07, 6.45) is 2.32. The Labute approximate surface area is 368 Å². The highest BCUT2D eigenvalue weighted by Gasteiger charge is 2.47. The van der Waals surface area contributed by atoms with Gasteiger partial charge in [0.1, 0.15) is 11.2 Å². The van der Waals surface area contributed by atoms with Gasteiger partial charge in [-0.15, -0.1) is 0 Å². The lowest BCUT2D eigenvalue weighted by Gasteiger charge is -2.48. The summed E-state index contributed by atoms with van der Waals surface area (Å²) in [4.78, 5) is 5.26. The molecular weight excluding hydrogens is 751 g/mol. The SMILES string of the molecule is Cc1cc(C(C)(C)C)ccc1N1c2cc3c(cc2B2c4ccc5oc6ccccc6c5c4N(c4ccccc4C)c4cc(-c5c(C)cccc5C)cc1c42)C(C)(C)CCC3(C)C. The molecule has 3 aliphatic rings. The number of fused-ring (bicyclic) bond motifs is 9. The van der Waals surface area contributed by atoms with Gasteiger partial charge in [0.05, 0.1) is 11.1 Å². The third kappa shape index (κ3) is 5.57. The van der Waals surface area contributed by atoms with Gasteiger partial charge in [-0.25, -0.2) is 0 Å². The first kappa shape index (κ1) is 38.9. The van der Waals surface area contributed by atoms with Crippen molar-refractivity contribution in [2.75, 3.05) is 9.80 Å². The topological polar surface area (TPSA) is 19.6 Å². The minimum Gasteiger partial charge on any atom is -0.456 e. The van der Waals surface area contributed by atoms with Crippen LogP contribution in [0.3, 0.4) is 0 Å². The van der Waals surface area contributed by atoms with Crippen molar-refractivity contribution in [1.29, 1.82) is 0 Å².